The van der Waals surface area contributed by atoms with Gasteiger partial charge in [0.25, 0.3) is 0 Å². The lowest BCUT2D eigenvalue weighted by Crippen LogP contribution is -2.31. The van der Waals surface area contributed by atoms with Crippen LogP contribution < -0.4 is 25.8 Å². The molecule has 0 spiro atoms. The molecule has 7 heteroatoms. The maximum absolute atomic E-state index is 11.1. The standard InChI is InChI=1S/C19H24N4O3/c1-13(24)23-16-6-4-5-14(9-16)11-21-19(20)22-12-15-7-8-17(25-2)18(10-15)26-3/h4-10H,11-12H2,1-3H3,(H,23,24)(H3,20,21,22). The van der Waals surface area contributed by atoms with Gasteiger partial charge in [0.05, 0.1) is 20.8 Å². The summed E-state index contributed by atoms with van der Waals surface area (Å²) in [6.45, 7) is 2.40. The maximum Gasteiger partial charge on any atom is 0.221 e. The number of nitrogens with zero attached hydrogens (tertiary/aromatic N) is 1. The van der Waals surface area contributed by atoms with Gasteiger partial charge in [0, 0.05) is 19.2 Å². The first-order valence-electron chi connectivity index (χ1n) is 8.13. The molecule has 4 N–H and O–H groups in total. The highest BCUT2D eigenvalue weighted by atomic mass is 16.5. The SMILES string of the molecule is COc1ccc(CNC(N)=NCc2cccc(NC(C)=O)c2)cc1OC. The molecule has 0 aliphatic carbocycles. The molecule has 2 aromatic carbocycles. The third-order valence-electron chi connectivity index (χ3n) is 3.60. The van der Waals surface area contributed by atoms with Crippen molar-refractivity contribution in [3.05, 3.63) is 53.6 Å². The molecule has 0 fully saturated rings. The van der Waals surface area contributed by atoms with E-state index >= 15 is 0 Å². The lowest BCUT2D eigenvalue weighted by atomic mass is 10.2. The summed E-state index contributed by atoms with van der Waals surface area (Å²) in [4.78, 5) is 15.4. The van der Waals surface area contributed by atoms with Crippen LogP contribution in [-0.2, 0) is 17.9 Å². The van der Waals surface area contributed by atoms with Crippen LogP contribution in [-0.4, -0.2) is 26.1 Å². The number of carbonyl (C=O) groups excluding carboxylic acids is 1. The van der Waals surface area contributed by atoms with Crippen molar-refractivity contribution in [1.29, 1.82) is 0 Å². The number of ether oxygens (including phenoxy) is 2. The van der Waals surface area contributed by atoms with Gasteiger partial charge in [0.15, 0.2) is 17.5 Å². The minimum absolute atomic E-state index is 0.109. The summed E-state index contributed by atoms with van der Waals surface area (Å²) in [5, 5.41) is 5.81. The average molecular weight is 356 g/mol. The van der Waals surface area contributed by atoms with Crippen molar-refractivity contribution >= 4 is 17.6 Å². The van der Waals surface area contributed by atoms with Crippen molar-refractivity contribution < 1.29 is 14.3 Å². The number of aliphatic imine (C=N–C) groups is 1. The second-order valence-electron chi connectivity index (χ2n) is 5.63. The Morgan fingerprint density at radius 2 is 1.85 bits per heavy atom. The monoisotopic (exact) mass is 356 g/mol. The fraction of sp³-hybridized carbons (Fsp3) is 0.263. The average Bonchev–Trinajstić information content (AvgIpc) is 2.64. The molecule has 1 amide bonds. The topological polar surface area (TPSA) is 98.0 Å². The van der Waals surface area contributed by atoms with Crippen molar-refractivity contribution in [1.82, 2.24) is 5.32 Å². The highest BCUT2D eigenvalue weighted by Crippen LogP contribution is 2.27. The van der Waals surface area contributed by atoms with E-state index in [-0.39, 0.29) is 5.91 Å². The van der Waals surface area contributed by atoms with Gasteiger partial charge < -0.3 is 25.8 Å². The number of guanidine groups is 1. The second kappa shape index (κ2) is 9.31. The molecule has 0 saturated carbocycles. The van der Waals surface area contributed by atoms with Crippen LogP contribution in [0.2, 0.25) is 0 Å². The molecule has 0 unspecified atom stereocenters. The lowest BCUT2D eigenvalue weighted by Gasteiger charge is -2.10. The van der Waals surface area contributed by atoms with Crippen molar-refractivity contribution in [3.63, 3.8) is 0 Å². The van der Waals surface area contributed by atoms with E-state index in [4.69, 9.17) is 15.2 Å². The van der Waals surface area contributed by atoms with Crippen LogP contribution in [0, 0.1) is 0 Å². The molecular formula is C19H24N4O3. The van der Waals surface area contributed by atoms with Crippen LogP contribution in [0.15, 0.2) is 47.5 Å². The van der Waals surface area contributed by atoms with E-state index in [9.17, 15) is 4.79 Å². The molecule has 0 aliphatic heterocycles. The second-order valence-corrected chi connectivity index (χ2v) is 5.63. The minimum Gasteiger partial charge on any atom is -0.493 e. The molecule has 0 aliphatic rings. The fourth-order valence-corrected chi connectivity index (χ4v) is 2.37. The summed E-state index contributed by atoms with van der Waals surface area (Å²) in [7, 11) is 3.20. The number of rotatable bonds is 7. The third kappa shape index (κ3) is 5.70. The number of benzene rings is 2. The van der Waals surface area contributed by atoms with E-state index < -0.39 is 0 Å². The molecule has 2 aromatic rings. The van der Waals surface area contributed by atoms with Crippen LogP contribution in [0.25, 0.3) is 0 Å². The number of nitrogens with two attached hydrogens (primary N) is 1. The van der Waals surface area contributed by atoms with Gasteiger partial charge in [-0.15, -0.1) is 0 Å². The Balaban J connectivity index is 1.93. The summed E-state index contributed by atoms with van der Waals surface area (Å²) in [6, 6.07) is 13.1. The number of hydrogen-bond donors (Lipinski definition) is 3. The van der Waals surface area contributed by atoms with Gasteiger partial charge in [-0.1, -0.05) is 18.2 Å². The molecule has 0 bridgehead atoms. The number of anilines is 1. The Morgan fingerprint density at radius 3 is 2.54 bits per heavy atom. The Kier molecular flexibility index (Phi) is 6.84. The summed E-state index contributed by atoms with van der Waals surface area (Å²) in [5.41, 5.74) is 8.61. The van der Waals surface area contributed by atoms with E-state index in [1.807, 2.05) is 42.5 Å². The largest absolute Gasteiger partial charge is 0.493 e. The van der Waals surface area contributed by atoms with E-state index in [2.05, 4.69) is 15.6 Å². The summed E-state index contributed by atoms with van der Waals surface area (Å²) >= 11 is 0. The first-order chi connectivity index (χ1) is 12.5. The van der Waals surface area contributed by atoms with Crippen LogP contribution in [0.1, 0.15) is 18.1 Å². The van der Waals surface area contributed by atoms with Gasteiger partial charge >= 0.3 is 0 Å². The zero-order chi connectivity index (χ0) is 18.9. The number of hydrogen-bond acceptors (Lipinski definition) is 4. The van der Waals surface area contributed by atoms with Gasteiger partial charge in [0.2, 0.25) is 5.91 Å². The van der Waals surface area contributed by atoms with Crippen molar-refractivity contribution in [3.8, 4) is 11.5 Å². The smallest absolute Gasteiger partial charge is 0.221 e. The van der Waals surface area contributed by atoms with Gasteiger partial charge in [-0.05, 0) is 35.4 Å². The highest BCUT2D eigenvalue weighted by molar-refractivity contribution is 5.88. The number of methoxy groups -OCH3 is 2. The van der Waals surface area contributed by atoms with E-state index in [1.165, 1.54) is 6.92 Å². The van der Waals surface area contributed by atoms with Gasteiger partial charge in [-0.2, -0.15) is 0 Å². The maximum atomic E-state index is 11.1. The van der Waals surface area contributed by atoms with E-state index in [1.54, 1.807) is 14.2 Å². The Morgan fingerprint density at radius 1 is 1.08 bits per heavy atom. The number of amides is 1. The molecule has 0 aromatic heterocycles. The Hall–Kier alpha value is -3.22. The zero-order valence-electron chi connectivity index (χ0n) is 15.2. The normalized spacial score (nSPS) is 11.0. The Bertz CT molecular complexity index is 790. The van der Waals surface area contributed by atoms with Crippen LogP contribution >= 0.6 is 0 Å². The zero-order valence-corrected chi connectivity index (χ0v) is 15.2. The molecule has 2 rings (SSSR count). The molecule has 0 saturated heterocycles. The summed E-state index contributed by atoms with van der Waals surface area (Å²) in [6.07, 6.45) is 0. The van der Waals surface area contributed by atoms with Gasteiger partial charge in [0.1, 0.15) is 0 Å². The molecule has 0 atom stereocenters. The van der Waals surface area contributed by atoms with Crippen LogP contribution in [0.4, 0.5) is 5.69 Å². The quantitative estimate of drug-likeness (QED) is 0.522. The van der Waals surface area contributed by atoms with E-state index in [0.29, 0.717) is 30.5 Å². The van der Waals surface area contributed by atoms with Gasteiger partial charge in [-0.3, -0.25) is 4.79 Å². The molecule has 26 heavy (non-hydrogen) atoms. The minimum atomic E-state index is -0.109. The fourth-order valence-electron chi connectivity index (χ4n) is 2.37. The predicted molar refractivity (Wildman–Crippen MR) is 102 cm³/mol. The highest BCUT2D eigenvalue weighted by Gasteiger charge is 2.04. The first-order valence-corrected chi connectivity index (χ1v) is 8.13. The molecule has 0 heterocycles. The first kappa shape index (κ1) is 19.1. The van der Waals surface area contributed by atoms with Crippen molar-refractivity contribution in [2.24, 2.45) is 10.7 Å². The third-order valence-corrected chi connectivity index (χ3v) is 3.60. The van der Waals surface area contributed by atoms with Crippen molar-refractivity contribution in [2.75, 3.05) is 19.5 Å². The molecule has 7 nitrogen and oxygen atoms in total. The molecule has 138 valence electrons. The van der Waals surface area contributed by atoms with Gasteiger partial charge in [-0.25, -0.2) is 4.99 Å². The van der Waals surface area contributed by atoms with Crippen LogP contribution in [0.3, 0.4) is 0 Å². The molecule has 0 radical (unpaired) electrons. The Labute approximate surface area is 153 Å². The van der Waals surface area contributed by atoms with E-state index in [0.717, 1.165) is 16.8 Å². The van der Waals surface area contributed by atoms with Crippen molar-refractivity contribution in [2.45, 2.75) is 20.0 Å². The number of nitrogens with one attached hydrogen (secondary N) is 2. The predicted octanol–water partition coefficient (Wildman–Crippen LogP) is 2.27. The number of carbonyl (C=O) groups is 1. The molecular weight excluding hydrogens is 332 g/mol. The van der Waals surface area contributed by atoms with Crippen LogP contribution in [0.5, 0.6) is 11.5 Å². The summed E-state index contributed by atoms with van der Waals surface area (Å²) < 4.78 is 10.5. The lowest BCUT2D eigenvalue weighted by molar-refractivity contribution is -0.114. The summed E-state index contributed by atoms with van der Waals surface area (Å²) in [5.74, 6) is 1.57.